The van der Waals surface area contributed by atoms with E-state index >= 15 is 0 Å². The Morgan fingerprint density at radius 2 is 1.57 bits per heavy atom. The standard InChI is InChI=1S/C13H23N3O7/c1-2-3-8(13(22)23)15-12(21)9(6-17)16-11(20)7(14)4-5-10(18)19/h7-9,17H,2-6,14H2,1H3,(H,15,21)(H,16,20)(H,18,19)(H,22,23)/t7-,8-,9+/m0/s1. The Morgan fingerprint density at radius 1 is 1.00 bits per heavy atom. The molecule has 0 radical (unpaired) electrons. The first-order valence-corrected chi connectivity index (χ1v) is 7.14. The molecular formula is C13H23N3O7. The fraction of sp³-hybridized carbons (Fsp3) is 0.692. The van der Waals surface area contributed by atoms with Crippen LogP contribution in [0.2, 0.25) is 0 Å². The summed E-state index contributed by atoms with van der Waals surface area (Å²) < 4.78 is 0. The molecule has 7 N–H and O–H groups in total. The molecule has 3 atom stereocenters. The minimum Gasteiger partial charge on any atom is -0.481 e. The molecule has 0 bridgehead atoms. The van der Waals surface area contributed by atoms with Gasteiger partial charge in [0.1, 0.15) is 12.1 Å². The van der Waals surface area contributed by atoms with Crippen molar-refractivity contribution < 1.29 is 34.5 Å². The van der Waals surface area contributed by atoms with Crippen LogP contribution in [0.15, 0.2) is 0 Å². The molecule has 10 heteroatoms. The summed E-state index contributed by atoms with van der Waals surface area (Å²) in [6, 6.07) is -3.64. The summed E-state index contributed by atoms with van der Waals surface area (Å²) in [7, 11) is 0. The average Bonchev–Trinajstić information content (AvgIpc) is 2.48. The smallest absolute Gasteiger partial charge is 0.326 e. The minimum absolute atomic E-state index is 0.130. The van der Waals surface area contributed by atoms with E-state index in [0.717, 1.165) is 0 Å². The maximum Gasteiger partial charge on any atom is 0.326 e. The van der Waals surface area contributed by atoms with E-state index in [1.54, 1.807) is 6.92 Å². The molecule has 0 aromatic carbocycles. The predicted molar refractivity (Wildman–Crippen MR) is 78.3 cm³/mol. The second-order valence-electron chi connectivity index (χ2n) is 4.97. The van der Waals surface area contributed by atoms with Crippen LogP contribution in [0.5, 0.6) is 0 Å². The molecule has 0 heterocycles. The Kier molecular flexibility index (Phi) is 9.51. The van der Waals surface area contributed by atoms with E-state index in [0.29, 0.717) is 6.42 Å². The summed E-state index contributed by atoms with van der Waals surface area (Å²) in [5.74, 6) is -4.00. The third-order valence-corrected chi connectivity index (χ3v) is 3.01. The molecule has 0 fully saturated rings. The van der Waals surface area contributed by atoms with Crippen LogP contribution >= 0.6 is 0 Å². The third kappa shape index (κ3) is 8.12. The minimum atomic E-state index is -1.36. The second-order valence-corrected chi connectivity index (χ2v) is 4.97. The predicted octanol–water partition coefficient (Wildman–Crippen LogP) is -1.97. The zero-order valence-electron chi connectivity index (χ0n) is 12.8. The van der Waals surface area contributed by atoms with Gasteiger partial charge in [-0.05, 0) is 12.8 Å². The highest BCUT2D eigenvalue weighted by atomic mass is 16.4. The highest BCUT2D eigenvalue weighted by Gasteiger charge is 2.27. The van der Waals surface area contributed by atoms with Gasteiger partial charge in [-0.1, -0.05) is 13.3 Å². The quantitative estimate of drug-likeness (QED) is 0.252. The Bertz CT molecular complexity index is 441. The van der Waals surface area contributed by atoms with Crippen molar-refractivity contribution in [1.82, 2.24) is 10.6 Å². The van der Waals surface area contributed by atoms with Gasteiger partial charge in [0.25, 0.3) is 0 Å². The summed E-state index contributed by atoms with van der Waals surface area (Å²) >= 11 is 0. The van der Waals surface area contributed by atoms with Crippen molar-refractivity contribution in [2.75, 3.05) is 6.61 Å². The number of hydrogen-bond acceptors (Lipinski definition) is 6. The van der Waals surface area contributed by atoms with Gasteiger partial charge in [-0.15, -0.1) is 0 Å². The van der Waals surface area contributed by atoms with Gasteiger partial charge in [-0.2, -0.15) is 0 Å². The van der Waals surface area contributed by atoms with E-state index in [-0.39, 0.29) is 19.3 Å². The molecule has 0 aliphatic carbocycles. The number of hydrogen-bond donors (Lipinski definition) is 6. The number of nitrogens with one attached hydrogen (secondary N) is 2. The van der Waals surface area contributed by atoms with Crippen molar-refractivity contribution in [3.8, 4) is 0 Å². The van der Waals surface area contributed by atoms with Crippen LogP contribution < -0.4 is 16.4 Å². The first-order valence-electron chi connectivity index (χ1n) is 7.14. The monoisotopic (exact) mass is 333 g/mol. The highest BCUT2D eigenvalue weighted by molar-refractivity contribution is 5.91. The van der Waals surface area contributed by atoms with Crippen molar-refractivity contribution in [3.63, 3.8) is 0 Å². The van der Waals surface area contributed by atoms with Crippen LogP contribution in [-0.4, -0.2) is 63.8 Å². The first kappa shape index (κ1) is 20.8. The number of aliphatic hydroxyl groups is 1. The number of aliphatic hydroxyl groups excluding tert-OH is 1. The molecule has 132 valence electrons. The van der Waals surface area contributed by atoms with E-state index in [1.807, 2.05) is 0 Å². The topological polar surface area (TPSA) is 179 Å². The summed E-state index contributed by atoms with van der Waals surface area (Å²) in [5, 5.41) is 31.0. The summed E-state index contributed by atoms with van der Waals surface area (Å²) in [4.78, 5) is 45.0. The van der Waals surface area contributed by atoms with E-state index in [1.165, 1.54) is 0 Å². The lowest BCUT2D eigenvalue weighted by atomic mass is 10.1. The number of amides is 2. The SMILES string of the molecule is CCC[C@H](NC(=O)[C@@H](CO)NC(=O)[C@@H](N)CCC(=O)O)C(=O)O. The van der Waals surface area contributed by atoms with Crippen LogP contribution in [0.3, 0.4) is 0 Å². The molecule has 10 nitrogen and oxygen atoms in total. The van der Waals surface area contributed by atoms with Gasteiger partial charge < -0.3 is 31.7 Å². The Hall–Kier alpha value is -2.20. The van der Waals surface area contributed by atoms with Gasteiger partial charge in [-0.3, -0.25) is 14.4 Å². The van der Waals surface area contributed by atoms with Gasteiger partial charge in [0.2, 0.25) is 11.8 Å². The third-order valence-electron chi connectivity index (χ3n) is 3.01. The molecule has 0 aliphatic heterocycles. The molecule has 23 heavy (non-hydrogen) atoms. The maximum atomic E-state index is 11.9. The van der Waals surface area contributed by atoms with Crippen LogP contribution in [0.25, 0.3) is 0 Å². The van der Waals surface area contributed by atoms with Gasteiger partial charge in [0, 0.05) is 6.42 Å². The largest absolute Gasteiger partial charge is 0.481 e. The van der Waals surface area contributed by atoms with E-state index in [4.69, 9.17) is 21.1 Å². The fourth-order valence-electron chi connectivity index (χ4n) is 1.70. The number of aliphatic carboxylic acids is 2. The van der Waals surface area contributed by atoms with Crippen LogP contribution in [0.4, 0.5) is 0 Å². The molecule has 0 unspecified atom stereocenters. The summed E-state index contributed by atoms with van der Waals surface area (Å²) in [5.41, 5.74) is 5.48. The molecule has 2 amide bonds. The molecule has 0 aromatic heterocycles. The van der Waals surface area contributed by atoms with Gasteiger partial charge in [0.05, 0.1) is 12.6 Å². The Morgan fingerprint density at radius 3 is 2.00 bits per heavy atom. The molecule has 0 aliphatic rings. The number of rotatable bonds is 11. The zero-order valence-corrected chi connectivity index (χ0v) is 12.8. The highest BCUT2D eigenvalue weighted by Crippen LogP contribution is 1.99. The molecule has 0 aromatic rings. The molecule has 0 spiro atoms. The average molecular weight is 333 g/mol. The van der Waals surface area contributed by atoms with Crippen LogP contribution in [0.1, 0.15) is 32.6 Å². The second kappa shape index (κ2) is 10.5. The van der Waals surface area contributed by atoms with Crippen molar-refractivity contribution in [2.45, 2.75) is 50.7 Å². The van der Waals surface area contributed by atoms with Crippen LogP contribution in [0, 0.1) is 0 Å². The Balaban J connectivity index is 4.62. The lowest BCUT2D eigenvalue weighted by molar-refractivity contribution is -0.142. The normalized spacial score (nSPS) is 14.4. The van der Waals surface area contributed by atoms with Crippen LogP contribution in [-0.2, 0) is 19.2 Å². The maximum absolute atomic E-state index is 11.9. The van der Waals surface area contributed by atoms with E-state index in [2.05, 4.69) is 10.6 Å². The lowest BCUT2D eigenvalue weighted by Crippen LogP contribution is -2.55. The molecule has 0 saturated carbocycles. The number of carbonyl (C=O) groups is 4. The van der Waals surface area contributed by atoms with Gasteiger partial charge >= 0.3 is 11.9 Å². The molecule has 0 saturated heterocycles. The number of nitrogens with two attached hydrogens (primary N) is 1. The van der Waals surface area contributed by atoms with Gasteiger partial charge in [-0.25, -0.2) is 4.79 Å². The van der Waals surface area contributed by atoms with Gasteiger partial charge in [0.15, 0.2) is 0 Å². The summed E-state index contributed by atoms with van der Waals surface area (Å²) in [6.45, 7) is 0.997. The molecular weight excluding hydrogens is 310 g/mol. The van der Waals surface area contributed by atoms with E-state index in [9.17, 15) is 19.2 Å². The number of carboxylic acids is 2. The number of carbonyl (C=O) groups excluding carboxylic acids is 2. The first-order chi connectivity index (χ1) is 10.7. The van der Waals surface area contributed by atoms with E-state index < -0.39 is 48.5 Å². The lowest BCUT2D eigenvalue weighted by Gasteiger charge is -2.21. The Labute approximate surface area is 133 Å². The van der Waals surface area contributed by atoms with Crippen molar-refractivity contribution in [2.24, 2.45) is 5.73 Å². The molecule has 0 rings (SSSR count). The zero-order chi connectivity index (χ0) is 18.0. The summed E-state index contributed by atoms with van der Waals surface area (Å²) in [6.07, 6.45) is 0.273. The van der Waals surface area contributed by atoms with Crippen molar-refractivity contribution in [1.29, 1.82) is 0 Å². The number of carboxylic acid groups (broad SMARTS) is 2. The van der Waals surface area contributed by atoms with Crippen molar-refractivity contribution in [3.05, 3.63) is 0 Å². The fourth-order valence-corrected chi connectivity index (χ4v) is 1.70. The van der Waals surface area contributed by atoms with Crippen molar-refractivity contribution >= 4 is 23.8 Å².